The van der Waals surface area contributed by atoms with E-state index in [1.54, 1.807) is 31.3 Å². The highest BCUT2D eigenvalue weighted by Gasteiger charge is 2.36. The Morgan fingerprint density at radius 3 is 2.48 bits per heavy atom. The Bertz CT molecular complexity index is 640. The van der Waals surface area contributed by atoms with Gasteiger partial charge in [-0.3, -0.25) is 0 Å². The van der Waals surface area contributed by atoms with Gasteiger partial charge in [-0.15, -0.1) is 0 Å². The molecule has 0 spiro atoms. The largest absolute Gasteiger partial charge is 0.395 e. The van der Waals surface area contributed by atoms with Gasteiger partial charge in [0.15, 0.2) is 0 Å². The van der Waals surface area contributed by atoms with Crippen LogP contribution in [-0.4, -0.2) is 38.0 Å². The van der Waals surface area contributed by atoms with Crippen molar-refractivity contribution in [3.63, 3.8) is 0 Å². The zero-order chi connectivity index (χ0) is 15.5. The smallest absolute Gasteiger partial charge is 0.242 e. The number of benzene rings is 1. The number of sulfonamides is 1. The molecule has 0 aromatic heterocycles. The maximum atomic E-state index is 12.4. The van der Waals surface area contributed by atoms with Crippen LogP contribution >= 0.6 is 0 Å². The maximum Gasteiger partial charge on any atom is 0.242 e. The average Bonchev–Trinajstić information content (AvgIpc) is 3.15. The molecule has 2 rings (SSSR count). The summed E-state index contributed by atoms with van der Waals surface area (Å²) in [6.07, 6.45) is 1.53. The van der Waals surface area contributed by atoms with Gasteiger partial charge in [-0.1, -0.05) is 18.8 Å². The molecule has 1 fully saturated rings. The molecule has 0 radical (unpaired) electrons. The Hall–Kier alpha value is -1.35. The van der Waals surface area contributed by atoms with Crippen molar-refractivity contribution in [2.24, 2.45) is 11.8 Å². The number of aliphatic hydroxyl groups excluding tert-OH is 1. The Kier molecular flexibility index (Phi) is 5.04. The number of hydrogen-bond acceptors (Lipinski definition) is 3. The minimum Gasteiger partial charge on any atom is -0.395 e. The predicted octanol–water partition coefficient (Wildman–Crippen LogP) is 1.70. The summed E-state index contributed by atoms with van der Waals surface area (Å²) in [6, 6.07) is 6.58. The van der Waals surface area contributed by atoms with E-state index in [-0.39, 0.29) is 6.61 Å². The minimum atomic E-state index is -3.41. The van der Waals surface area contributed by atoms with E-state index in [0.717, 1.165) is 12.0 Å². The number of nitrogens with zero attached hydrogens (tertiary/aromatic N) is 1. The summed E-state index contributed by atoms with van der Waals surface area (Å²) in [7, 11) is -1.78. The third-order valence-electron chi connectivity index (χ3n) is 3.80. The minimum absolute atomic E-state index is 0.0316. The van der Waals surface area contributed by atoms with Gasteiger partial charge in [0.25, 0.3) is 0 Å². The van der Waals surface area contributed by atoms with E-state index < -0.39 is 10.0 Å². The Balaban J connectivity index is 2.08. The van der Waals surface area contributed by atoms with Gasteiger partial charge in [-0.2, -0.15) is 0 Å². The van der Waals surface area contributed by atoms with E-state index in [2.05, 4.69) is 18.8 Å². The predicted molar refractivity (Wildman–Crippen MR) is 82.1 cm³/mol. The van der Waals surface area contributed by atoms with Gasteiger partial charge in [0.1, 0.15) is 0 Å². The second kappa shape index (κ2) is 6.61. The fraction of sp³-hybridized carbons (Fsp3) is 0.500. The normalized spacial score (nSPS) is 21.0. The molecule has 2 atom stereocenters. The average molecular weight is 307 g/mol. The van der Waals surface area contributed by atoms with Crippen LogP contribution in [0.4, 0.5) is 0 Å². The molecule has 114 valence electrons. The third-order valence-corrected chi connectivity index (χ3v) is 5.64. The molecular weight excluding hydrogens is 286 g/mol. The maximum absolute atomic E-state index is 12.4. The van der Waals surface area contributed by atoms with Gasteiger partial charge >= 0.3 is 0 Å². The van der Waals surface area contributed by atoms with E-state index in [1.807, 2.05) is 0 Å². The first kappa shape index (κ1) is 16.0. The lowest BCUT2D eigenvalue weighted by molar-refractivity contribution is 0.305. The van der Waals surface area contributed by atoms with E-state index in [4.69, 9.17) is 5.11 Å². The van der Waals surface area contributed by atoms with E-state index in [0.29, 0.717) is 29.7 Å². The van der Waals surface area contributed by atoms with Crippen LogP contribution in [0.25, 0.3) is 0 Å². The molecule has 1 N–H and O–H groups in total. The zero-order valence-electron chi connectivity index (χ0n) is 12.4. The molecule has 0 heterocycles. The highest BCUT2D eigenvalue weighted by Crippen LogP contribution is 2.38. The van der Waals surface area contributed by atoms with E-state index >= 15 is 0 Å². The second-order valence-corrected chi connectivity index (χ2v) is 7.60. The summed E-state index contributed by atoms with van der Waals surface area (Å²) in [5.74, 6) is 6.82. The monoisotopic (exact) mass is 307 g/mol. The number of rotatable bonds is 5. The Labute approximate surface area is 126 Å². The lowest BCUT2D eigenvalue weighted by atomic mass is 10.2. The fourth-order valence-corrected chi connectivity index (χ4v) is 3.42. The molecule has 4 nitrogen and oxygen atoms in total. The summed E-state index contributed by atoms with van der Waals surface area (Å²) in [6.45, 7) is 2.76. The molecule has 1 aliphatic rings. The molecule has 2 unspecified atom stereocenters. The SMILES string of the molecule is CC1CC1CN(C)S(=O)(=O)c1ccc(C#CCCO)cc1. The van der Waals surface area contributed by atoms with Crippen LogP contribution in [0.5, 0.6) is 0 Å². The van der Waals surface area contributed by atoms with Crippen molar-refractivity contribution in [3.8, 4) is 11.8 Å². The van der Waals surface area contributed by atoms with Crippen molar-refractivity contribution in [2.45, 2.75) is 24.7 Å². The van der Waals surface area contributed by atoms with E-state index in [1.165, 1.54) is 4.31 Å². The molecular formula is C16H21NO3S. The molecule has 21 heavy (non-hydrogen) atoms. The Morgan fingerprint density at radius 1 is 1.33 bits per heavy atom. The lowest BCUT2D eigenvalue weighted by Crippen LogP contribution is -2.29. The highest BCUT2D eigenvalue weighted by atomic mass is 32.2. The van der Waals surface area contributed by atoms with Crippen molar-refractivity contribution in [2.75, 3.05) is 20.2 Å². The number of aliphatic hydroxyl groups is 1. The van der Waals surface area contributed by atoms with Crippen molar-refractivity contribution in [1.82, 2.24) is 4.31 Å². The first-order chi connectivity index (χ1) is 9.95. The summed E-state index contributed by atoms with van der Waals surface area (Å²) in [4.78, 5) is 0.297. The summed E-state index contributed by atoms with van der Waals surface area (Å²) >= 11 is 0. The second-order valence-electron chi connectivity index (χ2n) is 5.56. The van der Waals surface area contributed by atoms with Gasteiger partial charge in [-0.05, 0) is 42.5 Å². The van der Waals surface area contributed by atoms with Crippen molar-refractivity contribution >= 4 is 10.0 Å². The third kappa shape index (κ3) is 4.07. The molecule has 0 amide bonds. The molecule has 5 heteroatoms. The van der Waals surface area contributed by atoms with Crippen LogP contribution in [-0.2, 0) is 10.0 Å². The summed E-state index contributed by atoms with van der Waals surface area (Å²) in [5, 5.41) is 8.66. The van der Waals surface area contributed by atoms with Crippen molar-refractivity contribution < 1.29 is 13.5 Å². The molecule has 1 aromatic rings. The molecule has 0 bridgehead atoms. The van der Waals surface area contributed by atoms with Crippen LogP contribution in [0.2, 0.25) is 0 Å². The van der Waals surface area contributed by atoms with Crippen LogP contribution in [0.1, 0.15) is 25.3 Å². The molecule has 1 aliphatic carbocycles. The molecule has 0 saturated heterocycles. The van der Waals surface area contributed by atoms with Gasteiger partial charge in [0.05, 0.1) is 11.5 Å². The first-order valence-corrected chi connectivity index (χ1v) is 8.55. The van der Waals surface area contributed by atoms with Crippen LogP contribution in [0.15, 0.2) is 29.2 Å². The van der Waals surface area contributed by atoms with Crippen LogP contribution in [0.3, 0.4) is 0 Å². The van der Waals surface area contributed by atoms with Crippen LogP contribution < -0.4 is 0 Å². The Morgan fingerprint density at radius 2 is 1.95 bits per heavy atom. The molecule has 1 saturated carbocycles. The van der Waals surface area contributed by atoms with Crippen LogP contribution in [0, 0.1) is 23.7 Å². The quantitative estimate of drug-likeness (QED) is 0.842. The first-order valence-electron chi connectivity index (χ1n) is 7.11. The molecule has 0 aliphatic heterocycles. The van der Waals surface area contributed by atoms with Gasteiger partial charge in [-0.25, -0.2) is 12.7 Å². The van der Waals surface area contributed by atoms with Crippen molar-refractivity contribution in [3.05, 3.63) is 29.8 Å². The standard InChI is InChI=1S/C16H21NO3S/c1-13-11-15(13)12-17(2)21(19,20)16-8-6-14(7-9-16)5-3-4-10-18/h6-9,13,15,18H,4,10-12H2,1-2H3. The van der Waals surface area contributed by atoms with Gasteiger partial charge < -0.3 is 5.11 Å². The molecule has 1 aromatic carbocycles. The highest BCUT2D eigenvalue weighted by molar-refractivity contribution is 7.89. The fourth-order valence-electron chi connectivity index (χ4n) is 2.19. The van der Waals surface area contributed by atoms with Gasteiger partial charge in [0, 0.05) is 25.6 Å². The summed E-state index contributed by atoms with van der Waals surface area (Å²) in [5.41, 5.74) is 0.751. The van der Waals surface area contributed by atoms with Crippen molar-refractivity contribution in [1.29, 1.82) is 0 Å². The number of hydrogen-bond donors (Lipinski definition) is 1. The zero-order valence-corrected chi connectivity index (χ0v) is 13.2. The lowest BCUT2D eigenvalue weighted by Gasteiger charge is -2.17. The van der Waals surface area contributed by atoms with E-state index in [9.17, 15) is 8.42 Å². The topological polar surface area (TPSA) is 57.6 Å². The van der Waals surface area contributed by atoms with Gasteiger partial charge in [0.2, 0.25) is 10.0 Å². The summed E-state index contributed by atoms with van der Waals surface area (Å²) < 4.78 is 26.3.